The van der Waals surface area contributed by atoms with E-state index in [1.807, 2.05) is 40.1 Å². The molecule has 0 spiro atoms. The Morgan fingerprint density at radius 2 is 1.82 bits per heavy atom. The molecule has 0 radical (unpaired) electrons. The summed E-state index contributed by atoms with van der Waals surface area (Å²) in [5.74, 6) is -1.33. The second-order valence-electron chi connectivity index (χ2n) is 6.86. The first-order chi connectivity index (χ1) is 15.7. The van der Waals surface area contributed by atoms with Gasteiger partial charge in [-0.1, -0.05) is 17.7 Å². The number of barbiturate groups is 1. The number of hydrogen-bond donors (Lipinski definition) is 3. The summed E-state index contributed by atoms with van der Waals surface area (Å²) in [5.41, 5.74) is 1.69. The zero-order valence-electron chi connectivity index (χ0n) is 17.6. The van der Waals surface area contributed by atoms with Gasteiger partial charge in [-0.2, -0.15) is 0 Å². The number of carbonyl (C=O) groups excluding carboxylic acids is 4. The summed E-state index contributed by atoms with van der Waals surface area (Å²) in [4.78, 5) is 47.5. The van der Waals surface area contributed by atoms with Gasteiger partial charge in [0, 0.05) is 10.7 Å². The van der Waals surface area contributed by atoms with Crippen molar-refractivity contribution in [3.63, 3.8) is 0 Å². The molecule has 2 aromatic rings. The number of rotatable bonds is 7. The van der Waals surface area contributed by atoms with Crippen molar-refractivity contribution in [1.29, 1.82) is 0 Å². The largest absolute Gasteiger partial charge is 0.490 e. The standard InChI is InChI=1S/C22H19ClIN3O6/c1-3-32-17-8-12(6-14-20(29)26-22(31)27-21(14)30)7-16(24)19(17)33-10-18(28)25-13-5-4-11(2)15(23)9-13/h4-9H,3,10H2,1-2H3,(H,25,28)(H2,26,27,29,30,31). The topological polar surface area (TPSA) is 123 Å². The number of benzene rings is 2. The van der Waals surface area contributed by atoms with E-state index in [4.69, 9.17) is 21.1 Å². The van der Waals surface area contributed by atoms with E-state index in [0.29, 0.717) is 37.9 Å². The number of anilines is 1. The van der Waals surface area contributed by atoms with E-state index < -0.39 is 17.8 Å². The molecule has 3 rings (SSSR count). The SMILES string of the molecule is CCOc1cc(C=C2C(=O)NC(=O)NC2=O)cc(I)c1OCC(=O)Nc1ccc(C)c(Cl)c1. The smallest absolute Gasteiger partial charge is 0.328 e. The Morgan fingerprint density at radius 1 is 1.12 bits per heavy atom. The number of hydrogen-bond acceptors (Lipinski definition) is 6. The molecular weight excluding hydrogens is 565 g/mol. The van der Waals surface area contributed by atoms with Gasteiger partial charge in [0.15, 0.2) is 18.1 Å². The van der Waals surface area contributed by atoms with Gasteiger partial charge >= 0.3 is 6.03 Å². The number of nitrogens with one attached hydrogen (secondary N) is 3. The molecule has 0 aromatic heterocycles. The zero-order valence-corrected chi connectivity index (χ0v) is 20.5. The van der Waals surface area contributed by atoms with Crippen molar-refractivity contribution in [2.24, 2.45) is 0 Å². The molecule has 172 valence electrons. The highest BCUT2D eigenvalue weighted by atomic mass is 127. The van der Waals surface area contributed by atoms with Gasteiger partial charge in [0.05, 0.1) is 10.2 Å². The Kier molecular flexibility index (Phi) is 7.92. The lowest BCUT2D eigenvalue weighted by Crippen LogP contribution is -2.51. The van der Waals surface area contributed by atoms with E-state index in [0.717, 1.165) is 5.56 Å². The number of ether oxygens (including phenoxy) is 2. The number of aryl methyl sites for hydroxylation is 1. The predicted molar refractivity (Wildman–Crippen MR) is 130 cm³/mol. The molecule has 1 aliphatic heterocycles. The van der Waals surface area contributed by atoms with Crippen LogP contribution in [-0.2, 0) is 14.4 Å². The Labute approximate surface area is 208 Å². The van der Waals surface area contributed by atoms with Crippen molar-refractivity contribution in [2.75, 3.05) is 18.5 Å². The normalized spacial score (nSPS) is 13.2. The highest BCUT2D eigenvalue weighted by Gasteiger charge is 2.28. The Hall–Kier alpha value is -3.12. The fraction of sp³-hybridized carbons (Fsp3) is 0.182. The highest BCUT2D eigenvalue weighted by molar-refractivity contribution is 14.1. The molecule has 9 nitrogen and oxygen atoms in total. The van der Waals surface area contributed by atoms with Crippen LogP contribution in [0.4, 0.5) is 10.5 Å². The third-order valence-corrected chi connectivity index (χ3v) is 5.60. The van der Waals surface area contributed by atoms with Crippen LogP contribution in [0, 0.1) is 10.5 Å². The van der Waals surface area contributed by atoms with Gasteiger partial charge in [-0.25, -0.2) is 4.79 Å². The van der Waals surface area contributed by atoms with Crippen molar-refractivity contribution in [3.05, 3.63) is 55.6 Å². The van der Waals surface area contributed by atoms with Crippen LogP contribution in [0.2, 0.25) is 5.02 Å². The lowest BCUT2D eigenvalue weighted by atomic mass is 10.1. The van der Waals surface area contributed by atoms with Crippen LogP contribution in [0.1, 0.15) is 18.1 Å². The average Bonchev–Trinajstić information content (AvgIpc) is 2.73. The van der Waals surface area contributed by atoms with E-state index in [2.05, 4.69) is 5.32 Å². The third-order valence-electron chi connectivity index (χ3n) is 4.39. The van der Waals surface area contributed by atoms with Crippen LogP contribution in [0.25, 0.3) is 6.08 Å². The Bertz CT molecular complexity index is 1160. The Morgan fingerprint density at radius 3 is 2.45 bits per heavy atom. The molecule has 0 saturated carbocycles. The lowest BCUT2D eigenvalue weighted by Gasteiger charge is -2.16. The maximum atomic E-state index is 12.3. The summed E-state index contributed by atoms with van der Waals surface area (Å²) in [7, 11) is 0. The molecule has 0 aliphatic carbocycles. The van der Waals surface area contributed by atoms with Gasteiger partial charge < -0.3 is 14.8 Å². The van der Waals surface area contributed by atoms with Crippen molar-refractivity contribution in [1.82, 2.24) is 10.6 Å². The van der Waals surface area contributed by atoms with Crippen molar-refractivity contribution in [2.45, 2.75) is 13.8 Å². The predicted octanol–water partition coefficient (Wildman–Crippen LogP) is 3.42. The number of urea groups is 1. The lowest BCUT2D eigenvalue weighted by molar-refractivity contribution is -0.124. The molecule has 0 unspecified atom stereocenters. The zero-order chi connectivity index (χ0) is 24.1. The molecule has 11 heteroatoms. The van der Waals surface area contributed by atoms with Crippen LogP contribution < -0.4 is 25.4 Å². The van der Waals surface area contributed by atoms with E-state index in [-0.39, 0.29) is 18.1 Å². The first-order valence-corrected chi connectivity index (χ1v) is 11.2. The van der Waals surface area contributed by atoms with Crippen LogP contribution in [0.3, 0.4) is 0 Å². The summed E-state index contributed by atoms with van der Waals surface area (Å²) in [6.07, 6.45) is 1.33. The second kappa shape index (κ2) is 10.7. The first-order valence-electron chi connectivity index (χ1n) is 9.71. The minimum atomic E-state index is -0.873. The van der Waals surface area contributed by atoms with E-state index in [1.165, 1.54) is 6.08 Å². The molecule has 3 N–H and O–H groups in total. The summed E-state index contributed by atoms with van der Waals surface area (Å²) < 4.78 is 11.9. The maximum Gasteiger partial charge on any atom is 0.328 e. The molecule has 0 atom stereocenters. The summed E-state index contributed by atoms with van der Waals surface area (Å²) in [6.45, 7) is 3.68. The fourth-order valence-electron chi connectivity index (χ4n) is 2.85. The second-order valence-corrected chi connectivity index (χ2v) is 8.43. The molecule has 0 bridgehead atoms. The average molecular weight is 584 g/mol. The molecule has 1 aliphatic rings. The summed E-state index contributed by atoms with van der Waals surface area (Å²) >= 11 is 8.08. The van der Waals surface area contributed by atoms with Crippen LogP contribution >= 0.6 is 34.2 Å². The quantitative estimate of drug-likeness (QED) is 0.261. The van der Waals surface area contributed by atoms with E-state index >= 15 is 0 Å². The minimum absolute atomic E-state index is 0.224. The highest BCUT2D eigenvalue weighted by Crippen LogP contribution is 2.35. The summed E-state index contributed by atoms with van der Waals surface area (Å²) in [5, 5.41) is 7.28. The molecule has 2 aromatic carbocycles. The van der Waals surface area contributed by atoms with Crippen LogP contribution in [0.15, 0.2) is 35.9 Å². The molecule has 1 fully saturated rings. The molecule has 1 heterocycles. The monoisotopic (exact) mass is 583 g/mol. The molecule has 5 amide bonds. The van der Waals surface area contributed by atoms with Crippen molar-refractivity contribution < 1.29 is 28.7 Å². The van der Waals surface area contributed by atoms with Gasteiger partial charge in [-0.15, -0.1) is 0 Å². The van der Waals surface area contributed by atoms with Crippen LogP contribution in [0.5, 0.6) is 11.5 Å². The Balaban J connectivity index is 1.78. The van der Waals surface area contributed by atoms with Gasteiger partial charge in [0.25, 0.3) is 17.7 Å². The molecule has 33 heavy (non-hydrogen) atoms. The van der Waals surface area contributed by atoms with Gasteiger partial charge in [0.1, 0.15) is 5.57 Å². The molecule has 1 saturated heterocycles. The summed E-state index contributed by atoms with van der Waals surface area (Å²) in [6, 6.07) is 7.54. The van der Waals surface area contributed by atoms with Gasteiger partial charge in [-0.05, 0) is 77.9 Å². The minimum Gasteiger partial charge on any atom is -0.490 e. The van der Waals surface area contributed by atoms with E-state index in [9.17, 15) is 19.2 Å². The number of amides is 5. The first kappa shape index (κ1) is 24.5. The van der Waals surface area contributed by atoms with Gasteiger partial charge in [-0.3, -0.25) is 25.0 Å². The van der Waals surface area contributed by atoms with Crippen LogP contribution in [-0.4, -0.2) is 37.0 Å². The van der Waals surface area contributed by atoms with Crippen molar-refractivity contribution in [3.8, 4) is 11.5 Å². The van der Waals surface area contributed by atoms with Gasteiger partial charge in [0.2, 0.25) is 0 Å². The maximum absolute atomic E-state index is 12.3. The third kappa shape index (κ3) is 6.23. The number of imide groups is 2. The van der Waals surface area contributed by atoms with Crippen molar-refractivity contribution >= 4 is 69.7 Å². The van der Waals surface area contributed by atoms with E-state index in [1.54, 1.807) is 37.3 Å². The fourth-order valence-corrected chi connectivity index (χ4v) is 3.81. The number of carbonyl (C=O) groups is 4. The number of halogens is 2. The molecular formula is C22H19ClIN3O6.